The van der Waals surface area contributed by atoms with Gasteiger partial charge in [-0.3, -0.25) is 4.98 Å². The molecule has 1 spiro atoms. The van der Waals surface area contributed by atoms with Gasteiger partial charge in [0.05, 0.1) is 11.6 Å². The highest BCUT2D eigenvalue weighted by molar-refractivity contribution is 5.85. The fourth-order valence-electron chi connectivity index (χ4n) is 3.11. The lowest BCUT2D eigenvalue weighted by atomic mass is 9.63. The smallest absolute Gasteiger partial charge is 0.130 e. The Morgan fingerprint density at radius 1 is 1.16 bits per heavy atom. The summed E-state index contributed by atoms with van der Waals surface area (Å²) in [6.45, 7) is 2.34. The summed E-state index contributed by atoms with van der Waals surface area (Å²) in [6, 6.07) is 10.1. The first-order valence-electron chi connectivity index (χ1n) is 6.56. The van der Waals surface area contributed by atoms with Crippen LogP contribution in [-0.2, 0) is 0 Å². The molecule has 0 unspecified atom stereocenters. The molecular formula is C15H17ClN2O. The third kappa shape index (κ3) is 2.07. The lowest BCUT2D eigenvalue weighted by Gasteiger charge is -2.53. The molecule has 0 radical (unpaired) electrons. The third-order valence-corrected chi connectivity index (χ3v) is 4.22. The summed E-state index contributed by atoms with van der Waals surface area (Å²) < 4.78 is 6.13. The molecule has 2 fully saturated rings. The number of pyridine rings is 1. The number of nitrogens with zero attached hydrogens (tertiary/aromatic N) is 1. The van der Waals surface area contributed by atoms with E-state index >= 15 is 0 Å². The van der Waals surface area contributed by atoms with Gasteiger partial charge >= 0.3 is 0 Å². The predicted octanol–water partition coefficient (Wildman–Crippen LogP) is 2.79. The Balaban J connectivity index is 0.00000110. The lowest BCUT2D eigenvalue weighted by molar-refractivity contribution is -0.0489. The Morgan fingerprint density at radius 2 is 1.95 bits per heavy atom. The number of hydrogen-bond donors (Lipinski definition) is 1. The average Bonchev–Trinajstić information content (AvgIpc) is 2.31. The molecule has 0 bridgehead atoms. The van der Waals surface area contributed by atoms with Crippen LogP contribution in [0.25, 0.3) is 10.9 Å². The number of hydrogen-bond acceptors (Lipinski definition) is 3. The second-order valence-electron chi connectivity index (χ2n) is 5.58. The monoisotopic (exact) mass is 276 g/mol. The number of rotatable bonds is 2. The Labute approximate surface area is 118 Å². The maximum atomic E-state index is 6.13. The van der Waals surface area contributed by atoms with E-state index in [-0.39, 0.29) is 12.4 Å². The summed E-state index contributed by atoms with van der Waals surface area (Å²) in [5.41, 5.74) is 1.57. The fourth-order valence-corrected chi connectivity index (χ4v) is 3.11. The predicted molar refractivity (Wildman–Crippen MR) is 77.9 cm³/mol. The molecule has 2 aliphatic rings. The van der Waals surface area contributed by atoms with Crippen LogP contribution in [0.15, 0.2) is 36.5 Å². The SMILES string of the molecule is Cl.c1ccc2c(OC3CC4(CNC4)C3)ccnc2c1. The molecule has 4 rings (SSSR count). The molecule has 2 heterocycles. The highest BCUT2D eigenvalue weighted by Gasteiger charge is 2.49. The van der Waals surface area contributed by atoms with E-state index in [0.717, 1.165) is 16.7 Å². The van der Waals surface area contributed by atoms with Crippen LogP contribution in [0, 0.1) is 5.41 Å². The van der Waals surface area contributed by atoms with Gasteiger partial charge in [-0.1, -0.05) is 12.1 Å². The van der Waals surface area contributed by atoms with Crippen LogP contribution in [0.1, 0.15) is 12.8 Å². The van der Waals surface area contributed by atoms with Crippen molar-refractivity contribution >= 4 is 23.3 Å². The first-order chi connectivity index (χ1) is 8.85. The number of aromatic nitrogens is 1. The van der Waals surface area contributed by atoms with E-state index in [1.807, 2.05) is 30.5 Å². The first-order valence-corrected chi connectivity index (χ1v) is 6.56. The van der Waals surface area contributed by atoms with Gasteiger partial charge in [0.15, 0.2) is 0 Å². The Hall–Kier alpha value is -1.32. The van der Waals surface area contributed by atoms with E-state index in [4.69, 9.17) is 4.74 Å². The number of ether oxygens (including phenoxy) is 1. The van der Waals surface area contributed by atoms with Gasteiger partial charge in [-0.25, -0.2) is 0 Å². The molecule has 2 aromatic rings. The quantitative estimate of drug-likeness (QED) is 0.916. The summed E-state index contributed by atoms with van der Waals surface area (Å²) in [5.74, 6) is 0.979. The molecule has 1 saturated heterocycles. The Bertz CT molecular complexity index is 584. The summed E-state index contributed by atoms with van der Waals surface area (Å²) in [4.78, 5) is 4.36. The molecule has 0 atom stereocenters. The number of nitrogens with one attached hydrogen (secondary N) is 1. The van der Waals surface area contributed by atoms with E-state index in [0.29, 0.717) is 11.5 Å². The van der Waals surface area contributed by atoms with Crippen LogP contribution in [-0.4, -0.2) is 24.2 Å². The van der Waals surface area contributed by atoms with Crippen molar-refractivity contribution in [1.82, 2.24) is 10.3 Å². The maximum absolute atomic E-state index is 6.13. The minimum Gasteiger partial charge on any atom is -0.490 e. The Kier molecular flexibility index (Phi) is 3.11. The molecule has 4 heteroatoms. The molecule has 1 aliphatic carbocycles. The van der Waals surface area contributed by atoms with Crippen molar-refractivity contribution in [2.24, 2.45) is 5.41 Å². The van der Waals surface area contributed by atoms with Crippen LogP contribution in [0.4, 0.5) is 0 Å². The second kappa shape index (κ2) is 4.66. The number of fused-ring (bicyclic) bond motifs is 1. The second-order valence-corrected chi connectivity index (χ2v) is 5.58. The van der Waals surface area contributed by atoms with Gasteiger partial charge in [-0.2, -0.15) is 0 Å². The zero-order valence-corrected chi connectivity index (χ0v) is 11.5. The van der Waals surface area contributed by atoms with Crippen molar-refractivity contribution in [2.75, 3.05) is 13.1 Å². The van der Waals surface area contributed by atoms with Crippen LogP contribution in [0.3, 0.4) is 0 Å². The van der Waals surface area contributed by atoms with Crippen LogP contribution in [0.2, 0.25) is 0 Å². The molecule has 19 heavy (non-hydrogen) atoms. The zero-order chi connectivity index (χ0) is 12.0. The molecular weight excluding hydrogens is 260 g/mol. The van der Waals surface area contributed by atoms with Crippen molar-refractivity contribution in [3.05, 3.63) is 36.5 Å². The largest absolute Gasteiger partial charge is 0.490 e. The molecule has 1 N–H and O–H groups in total. The summed E-state index contributed by atoms with van der Waals surface area (Å²) in [6.07, 6.45) is 4.60. The molecule has 0 amide bonds. The summed E-state index contributed by atoms with van der Waals surface area (Å²) >= 11 is 0. The molecule has 1 saturated carbocycles. The van der Waals surface area contributed by atoms with E-state index in [1.165, 1.54) is 25.9 Å². The Morgan fingerprint density at radius 3 is 2.68 bits per heavy atom. The zero-order valence-electron chi connectivity index (χ0n) is 10.6. The van der Waals surface area contributed by atoms with Crippen LogP contribution < -0.4 is 10.1 Å². The van der Waals surface area contributed by atoms with Gasteiger partial charge in [0.25, 0.3) is 0 Å². The van der Waals surface area contributed by atoms with Crippen molar-refractivity contribution < 1.29 is 4.74 Å². The van der Waals surface area contributed by atoms with E-state index < -0.39 is 0 Å². The number of benzene rings is 1. The van der Waals surface area contributed by atoms with Gasteiger partial charge in [-0.05, 0) is 31.0 Å². The standard InChI is InChI=1S/C15H16N2O.ClH/c1-2-4-13-12(3-1)14(5-6-17-13)18-11-7-15(8-11)9-16-10-15;/h1-6,11,16H,7-10H2;1H. The summed E-state index contributed by atoms with van der Waals surface area (Å²) in [5, 5.41) is 4.47. The third-order valence-electron chi connectivity index (χ3n) is 4.22. The first kappa shape index (κ1) is 12.7. The highest BCUT2D eigenvalue weighted by Crippen LogP contribution is 2.46. The van der Waals surface area contributed by atoms with Crippen molar-refractivity contribution in [3.63, 3.8) is 0 Å². The normalized spacial score (nSPS) is 20.4. The van der Waals surface area contributed by atoms with E-state index in [2.05, 4.69) is 16.4 Å². The van der Waals surface area contributed by atoms with Gasteiger partial charge in [0.1, 0.15) is 5.75 Å². The van der Waals surface area contributed by atoms with Gasteiger partial charge in [0.2, 0.25) is 0 Å². The molecule has 100 valence electrons. The molecule has 1 aromatic heterocycles. The minimum absolute atomic E-state index is 0. The van der Waals surface area contributed by atoms with Gasteiger partial charge < -0.3 is 10.1 Å². The van der Waals surface area contributed by atoms with Gasteiger partial charge in [0, 0.05) is 30.1 Å². The maximum Gasteiger partial charge on any atom is 0.130 e. The minimum atomic E-state index is 0. The topological polar surface area (TPSA) is 34.1 Å². The van der Waals surface area contributed by atoms with Crippen molar-refractivity contribution in [3.8, 4) is 5.75 Å². The molecule has 1 aromatic carbocycles. The van der Waals surface area contributed by atoms with Crippen LogP contribution in [0.5, 0.6) is 5.75 Å². The average molecular weight is 277 g/mol. The van der Waals surface area contributed by atoms with Crippen molar-refractivity contribution in [2.45, 2.75) is 18.9 Å². The summed E-state index contributed by atoms with van der Waals surface area (Å²) in [7, 11) is 0. The molecule has 3 nitrogen and oxygen atoms in total. The fraction of sp³-hybridized carbons (Fsp3) is 0.400. The number of para-hydroxylation sites is 1. The van der Waals surface area contributed by atoms with Gasteiger partial charge in [-0.15, -0.1) is 12.4 Å². The lowest BCUT2D eigenvalue weighted by Crippen LogP contribution is -2.62. The number of halogens is 1. The van der Waals surface area contributed by atoms with E-state index in [9.17, 15) is 0 Å². The molecule has 1 aliphatic heterocycles. The van der Waals surface area contributed by atoms with Crippen LogP contribution >= 0.6 is 12.4 Å². The van der Waals surface area contributed by atoms with Crippen molar-refractivity contribution in [1.29, 1.82) is 0 Å². The van der Waals surface area contributed by atoms with E-state index in [1.54, 1.807) is 0 Å². The highest BCUT2D eigenvalue weighted by atomic mass is 35.5.